The minimum Gasteiger partial charge on any atom is -0.476 e. The van der Waals surface area contributed by atoms with Crippen molar-refractivity contribution in [1.82, 2.24) is 15.0 Å². The van der Waals surface area contributed by atoms with Gasteiger partial charge in [0.05, 0.1) is 17.4 Å². The molecule has 94 valence electrons. The van der Waals surface area contributed by atoms with Crippen LogP contribution in [0.5, 0.6) is 0 Å². The largest absolute Gasteiger partial charge is 0.476 e. The zero-order valence-electron chi connectivity index (χ0n) is 9.78. The van der Waals surface area contributed by atoms with Crippen molar-refractivity contribution >= 4 is 23.1 Å². The first-order chi connectivity index (χ1) is 8.66. The van der Waals surface area contributed by atoms with Gasteiger partial charge < -0.3 is 10.0 Å². The molecule has 0 fully saturated rings. The molecule has 0 radical (unpaired) electrons. The number of nitrogens with zero attached hydrogens (tertiary/aromatic N) is 4. The summed E-state index contributed by atoms with van der Waals surface area (Å²) in [5, 5.41) is 11.7. The lowest BCUT2D eigenvalue weighted by molar-refractivity contribution is 0.0690. The Bertz CT molecular complexity index is 512. The van der Waals surface area contributed by atoms with Crippen LogP contribution in [0.3, 0.4) is 0 Å². The summed E-state index contributed by atoms with van der Waals surface area (Å²) in [7, 11) is 1.89. The second-order valence-corrected chi connectivity index (χ2v) is 4.64. The number of thiazole rings is 1. The fraction of sp³-hybridized carbons (Fsp3) is 0.273. The normalized spacial score (nSPS) is 10.3. The smallest absolute Gasteiger partial charge is 0.356 e. The van der Waals surface area contributed by atoms with Crippen LogP contribution in [-0.4, -0.2) is 39.6 Å². The minimum atomic E-state index is -1.07. The van der Waals surface area contributed by atoms with Gasteiger partial charge in [-0.1, -0.05) is 0 Å². The average Bonchev–Trinajstić information content (AvgIpc) is 2.89. The van der Waals surface area contributed by atoms with E-state index in [-0.39, 0.29) is 5.69 Å². The lowest BCUT2D eigenvalue weighted by atomic mass is 10.4. The van der Waals surface area contributed by atoms with E-state index in [1.165, 1.54) is 12.4 Å². The minimum absolute atomic E-state index is 0.0490. The van der Waals surface area contributed by atoms with Crippen LogP contribution in [0.1, 0.15) is 15.5 Å². The first-order valence-corrected chi connectivity index (χ1v) is 6.19. The summed E-state index contributed by atoms with van der Waals surface area (Å²) in [5.74, 6) is -0.420. The summed E-state index contributed by atoms with van der Waals surface area (Å²) < 4.78 is 0. The molecular weight excluding hydrogens is 252 g/mol. The lowest BCUT2D eigenvalue weighted by Gasteiger charge is -2.16. The number of aromatic nitrogens is 3. The Morgan fingerprint density at radius 1 is 1.39 bits per heavy atom. The molecule has 6 nitrogen and oxygen atoms in total. The van der Waals surface area contributed by atoms with Gasteiger partial charge in [-0.05, 0) is 0 Å². The highest BCUT2D eigenvalue weighted by atomic mass is 32.1. The molecule has 0 atom stereocenters. The lowest BCUT2D eigenvalue weighted by Crippen LogP contribution is -2.21. The predicted molar refractivity (Wildman–Crippen MR) is 68.1 cm³/mol. The standard InChI is InChI=1S/C11H12N4O2S/c1-15(4-2-10-12-3-5-18-10)9-7-13-8(6-14-9)11(16)17/h3,5-7H,2,4H2,1H3,(H,16,17). The number of likely N-dealkylation sites (N-methyl/N-ethyl adjacent to an activating group) is 1. The molecule has 2 rings (SSSR count). The Balaban J connectivity index is 1.96. The Morgan fingerprint density at radius 2 is 2.22 bits per heavy atom. The van der Waals surface area contributed by atoms with Gasteiger partial charge in [-0.15, -0.1) is 11.3 Å². The molecule has 0 unspecified atom stereocenters. The van der Waals surface area contributed by atoms with Crippen LogP contribution in [0.25, 0.3) is 0 Å². The fourth-order valence-electron chi connectivity index (χ4n) is 1.38. The quantitative estimate of drug-likeness (QED) is 0.877. The zero-order chi connectivity index (χ0) is 13.0. The molecule has 0 saturated heterocycles. The molecule has 0 saturated carbocycles. The molecule has 2 aromatic rings. The highest BCUT2D eigenvalue weighted by Gasteiger charge is 2.08. The third kappa shape index (κ3) is 3.01. The first-order valence-electron chi connectivity index (χ1n) is 5.31. The van der Waals surface area contributed by atoms with Crippen LogP contribution >= 0.6 is 11.3 Å². The van der Waals surface area contributed by atoms with Gasteiger partial charge in [0.15, 0.2) is 5.69 Å². The Labute approximate surface area is 108 Å². The van der Waals surface area contributed by atoms with Crippen molar-refractivity contribution in [1.29, 1.82) is 0 Å². The van der Waals surface area contributed by atoms with Gasteiger partial charge in [-0.2, -0.15) is 0 Å². The third-order valence-electron chi connectivity index (χ3n) is 2.39. The molecule has 0 aromatic carbocycles. The zero-order valence-corrected chi connectivity index (χ0v) is 10.6. The van der Waals surface area contributed by atoms with Crippen molar-refractivity contribution in [2.75, 3.05) is 18.5 Å². The summed E-state index contributed by atoms with van der Waals surface area (Å²) in [6.45, 7) is 0.759. The first kappa shape index (κ1) is 12.4. The van der Waals surface area contributed by atoms with Gasteiger partial charge in [-0.25, -0.2) is 19.7 Å². The predicted octanol–water partition coefficient (Wildman–Crippen LogP) is 1.31. The monoisotopic (exact) mass is 264 g/mol. The van der Waals surface area contributed by atoms with E-state index in [1.54, 1.807) is 17.5 Å². The number of aromatic carboxylic acids is 1. The van der Waals surface area contributed by atoms with Crippen molar-refractivity contribution in [2.45, 2.75) is 6.42 Å². The molecule has 18 heavy (non-hydrogen) atoms. The fourth-order valence-corrected chi connectivity index (χ4v) is 1.99. The molecule has 0 bridgehead atoms. The van der Waals surface area contributed by atoms with Crippen molar-refractivity contribution in [3.8, 4) is 0 Å². The van der Waals surface area contributed by atoms with E-state index in [2.05, 4.69) is 15.0 Å². The average molecular weight is 264 g/mol. The van der Waals surface area contributed by atoms with Gasteiger partial charge in [0, 0.05) is 31.6 Å². The number of carboxylic acids is 1. The molecule has 0 amide bonds. The van der Waals surface area contributed by atoms with E-state index < -0.39 is 5.97 Å². The van der Waals surface area contributed by atoms with E-state index >= 15 is 0 Å². The van der Waals surface area contributed by atoms with Crippen molar-refractivity contribution < 1.29 is 9.90 Å². The van der Waals surface area contributed by atoms with Gasteiger partial charge in [-0.3, -0.25) is 0 Å². The van der Waals surface area contributed by atoms with Crippen LogP contribution in [0.2, 0.25) is 0 Å². The summed E-state index contributed by atoms with van der Waals surface area (Å²) in [6, 6.07) is 0. The molecule has 2 aromatic heterocycles. The van der Waals surface area contributed by atoms with Gasteiger partial charge in [0.1, 0.15) is 5.82 Å². The van der Waals surface area contributed by atoms with Crippen LogP contribution in [0.4, 0.5) is 5.82 Å². The maximum atomic E-state index is 10.6. The highest BCUT2D eigenvalue weighted by molar-refractivity contribution is 7.09. The number of hydrogen-bond acceptors (Lipinski definition) is 6. The summed E-state index contributed by atoms with van der Waals surface area (Å²) >= 11 is 1.61. The number of hydrogen-bond donors (Lipinski definition) is 1. The van der Waals surface area contributed by atoms with Crippen molar-refractivity contribution in [3.05, 3.63) is 34.7 Å². The molecule has 0 aliphatic carbocycles. The van der Waals surface area contributed by atoms with Crippen molar-refractivity contribution in [3.63, 3.8) is 0 Å². The van der Waals surface area contributed by atoms with Crippen LogP contribution in [0.15, 0.2) is 24.0 Å². The Hall–Kier alpha value is -2.02. The van der Waals surface area contributed by atoms with Crippen molar-refractivity contribution in [2.24, 2.45) is 0 Å². The van der Waals surface area contributed by atoms with Crippen LogP contribution in [-0.2, 0) is 6.42 Å². The second-order valence-electron chi connectivity index (χ2n) is 3.66. The summed E-state index contributed by atoms with van der Waals surface area (Å²) in [6.07, 6.45) is 5.33. The maximum absolute atomic E-state index is 10.6. The van der Waals surface area contributed by atoms with E-state index in [0.29, 0.717) is 5.82 Å². The van der Waals surface area contributed by atoms with Gasteiger partial charge in [0.2, 0.25) is 0 Å². The molecule has 7 heteroatoms. The molecular formula is C11H12N4O2S. The van der Waals surface area contributed by atoms with Crippen LogP contribution < -0.4 is 4.90 Å². The van der Waals surface area contributed by atoms with E-state index in [9.17, 15) is 4.79 Å². The highest BCUT2D eigenvalue weighted by Crippen LogP contribution is 2.10. The molecule has 2 heterocycles. The second kappa shape index (κ2) is 5.54. The molecule has 0 aliphatic rings. The maximum Gasteiger partial charge on any atom is 0.356 e. The van der Waals surface area contributed by atoms with E-state index in [4.69, 9.17) is 5.11 Å². The number of carbonyl (C=O) groups is 1. The van der Waals surface area contributed by atoms with Crippen LogP contribution in [0, 0.1) is 0 Å². The molecule has 0 spiro atoms. The molecule has 0 aliphatic heterocycles. The topological polar surface area (TPSA) is 79.2 Å². The van der Waals surface area contributed by atoms with E-state index in [0.717, 1.165) is 18.0 Å². The summed E-state index contributed by atoms with van der Waals surface area (Å²) in [5.41, 5.74) is -0.0490. The van der Waals surface area contributed by atoms with Gasteiger partial charge >= 0.3 is 5.97 Å². The third-order valence-corrected chi connectivity index (χ3v) is 3.23. The van der Waals surface area contributed by atoms with E-state index in [1.807, 2.05) is 17.3 Å². The number of rotatable bonds is 5. The number of anilines is 1. The summed E-state index contributed by atoms with van der Waals surface area (Å²) in [4.78, 5) is 24.6. The SMILES string of the molecule is CN(CCc1nccs1)c1cnc(C(=O)O)cn1. The molecule has 1 N–H and O–H groups in total. The number of carboxylic acid groups (broad SMARTS) is 1. The van der Waals surface area contributed by atoms with Gasteiger partial charge in [0.25, 0.3) is 0 Å². The Kier molecular flexibility index (Phi) is 3.83. The Morgan fingerprint density at radius 3 is 2.78 bits per heavy atom.